The van der Waals surface area contributed by atoms with E-state index in [0.717, 1.165) is 22.9 Å². The Bertz CT molecular complexity index is 1470. The lowest BCUT2D eigenvalue weighted by atomic mass is 10.1. The van der Waals surface area contributed by atoms with Gasteiger partial charge in [-0.05, 0) is 31.0 Å². The van der Waals surface area contributed by atoms with Crippen LogP contribution in [0.3, 0.4) is 0 Å². The summed E-state index contributed by atoms with van der Waals surface area (Å²) in [5.74, 6) is -2.96. The number of amides is 1. The standard InChI is InChI=1S/C24H20F5N5O3S/c25-17-13-30-18(15-11-32-22(33-12-15)24(27,28)29)8-14(17)10-31-21(35)19-9-20(26)23(6-7-23)34(19)38(36,37)16-4-2-1-3-5-16/h1-5,8,11-13,19-20H,6-7,9-10H2,(H,31,35)/t19-,20+/m0/s1. The van der Waals surface area contributed by atoms with Gasteiger partial charge in [-0.3, -0.25) is 9.78 Å². The van der Waals surface area contributed by atoms with E-state index in [9.17, 15) is 30.8 Å². The predicted octanol–water partition coefficient (Wildman–Crippen LogP) is 3.65. The molecule has 200 valence electrons. The van der Waals surface area contributed by atoms with Crippen molar-refractivity contribution in [2.45, 2.75) is 54.6 Å². The number of pyridine rings is 1. The Labute approximate surface area is 214 Å². The first-order valence-electron chi connectivity index (χ1n) is 11.5. The van der Waals surface area contributed by atoms with Crippen LogP contribution in [0.15, 0.2) is 59.9 Å². The van der Waals surface area contributed by atoms with E-state index >= 15 is 4.39 Å². The lowest BCUT2D eigenvalue weighted by Crippen LogP contribution is -2.50. The van der Waals surface area contributed by atoms with Gasteiger partial charge in [0.05, 0.1) is 22.3 Å². The summed E-state index contributed by atoms with van der Waals surface area (Å²) in [5.41, 5.74) is -1.22. The zero-order valence-electron chi connectivity index (χ0n) is 19.5. The third kappa shape index (κ3) is 4.62. The van der Waals surface area contributed by atoms with Gasteiger partial charge in [0.25, 0.3) is 0 Å². The second-order valence-electron chi connectivity index (χ2n) is 9.11. The number of hydrogen-bond donors (Lipinski definition) is 1. The van der Waals surface area contributed by atoms with Crippen molar-refractivity contribution in [2.24, 2.45) is 0 Å². The Morgan fingerprint density at radius 3 is 2.34 bits per heavy atom. The molecule has 1 aliphatic heterocycles. The molecule has 2 atom stereocenters. The molecule has 1 aliphatic carbocycles. The van der Waals surface area contributed by atoms with Gasteiger partial charge < -0.3 is 5.32 Å². The molecule has 3 aromatic rings. The summed E-state index contributed by atoms with van der Waals surface area (Å²) in [6.07, 6.45) is -3.45. The highest BCUT2D eigenvalue weighted by molar-refractivity contribution is 7.89. The molecule has 1 aromatic carbocycles. The molecule has 8 nitrogen and oxygen atoms in total. The molecule has 3 heterocycles. The minimum Gasteiger partial charge on any atom is -0.351 e. The highest BCUT2D eigenvalue weighted by atomic mass is 32.2. The van der Waals surface area contributed by atoms with Crippen LogP contribution in [0.1, 0.15) is 30.7 Å². The molecule has 1 saturated carbocycles. The number of nitrogens with one attached hydrogen (secondary N) is 1. The van der Waals surface area contributed by atoms with Gasteiger partial charge in [0, 0.05) is 36.5 Å². The monoisotopic (exact) mass is 553 g/mol. The molecule has 1 spiro atoms. The number of carbonyl (C=O) groups is 1. The maximum atomic E-state index is 15.0. The molecular formula is C24H20F5N5O3S. The molecule has 1 amide bonds. The Kier molecular flexibility index (Phi) is 6.42. The molecule has 0 bridgehead atoms. The van der Waals surface area contributed by atoms with Gasteiger partial charge in [0.2, 0.25) is 21.8 Å². The van der Waals surface area contributed by atoms with Crippen LogP contribution < -0.4 is 5.32 Å². The van der Waals surface area contributed by atoms with Crippen LogP contribution in [0.2, 0.25) is 0 Å². The Balaban J connectivity index is 1.36. The van der Waals surface area contributed by atoms with E-state index in [2.05, 4.69) is 20.3 Å². The maximum absolute atomic E-state index is 15.0. The van der Waals surface area contributed by atoms with E-state index in [1.807, 2.05) is 0 Å². The summed E-state index contributed by atoms with van der Waals surface area (Å²) in [4.78, 5) is 23.4. The summed E-state index contributed by atoms with van der Waals surface area (Å²) >= 11 is 0. The largest absolute Gasteiger partial charge is 0.451 e. The number of hydrogen-bond acceptors (Lipinski definition) is 6. The van der Waals surface area contributed by atoms with Crippen molar-refractivity contribution in [3.8, 4) is 11.3 Å². The van der Waals surface area contributed by atoms with Gasteiger partial charge in [0.15, 0.2) is 0 Å². The molecular weight excluding hydrogens is 533 g/mol. The summed E-state index contributed by atoms with van der Waals surface area (Å²) in [7, 11) is -4.20. The molecule has 14 heteroatoms. The van der Waals surface area contributed by atoms with Crippen molar-refractivity contribution in [3.63, 3.8) is 0 Å². The molecule has 5 rings (SSSR count). The van der Waals surface area contributed by atoms with Crippen LogP contribution in [0, 0.1) is 5.82 Å². The molecule has 2 aliphatic rings. The van der Waals surface area contributed by atoms with Crippen LogP contribution in [-0.2, 0) is 27.5 Å². The van der Waals surface area contributed by atoms with E-state index in [0.29, 0.717) is 0 Å². The normalized spacial score (nSPS) is 21.0. The van der Waals surface area contributed by atoms with Crippen molar-refractivity contribution in [1.29, 1.82) is 0 Å². The lowest BCUT2D eigenvalue weighted by Gasteiger charge is -2.29. The number of halogens is 5. The second-order valence-corrected chi connectivity index (χ2v) is 10.9. The number of rotatable bonds is 6. The van der Waals surface area contributed by atoms with Crippen molar-refractivity contribution < 1.29 is 35.2 Å². The van der Waals surface area contributed by atoms with Crippen LogP contribution in [-0.4, -0.2) is 51.3 Å². The summed E-state index contributed by atoms with van der Waals surface area (Å²) < 4.78 is 95.4. The van der Waals surface area contributed by atoms with Crippen molar-refractivity contribution in [1.82, 2.24) is 24.6 Å². The van der Waals surface area contributed by atoms with Gasteiger partial charge >= 0.3 is 6.18 Å². The van der Waals surface area contributed by atoms with E-state index in [-0.39, 0.29) is 41.0 Å². The first-order valence-corrected chi connectivity index (χ1v) is 12.9. The zero-order chi connectivity index (χ0) is 27.3. The van der Waals surface area contributed by atoms with Gasteiger partial charge in [-0.25, -0.2) is 27.2 Å². The molecule has 0 radical (unpaired) electrons. The fraction of sp³-hybridized carbons (Fsp3) is 0.333. The Morgan fingerprint density at radius 1 is 1.08 bits per heavy atom. The maximum Gasteiger partial charge on any atom is 0.451 e. The number of aromatic nitrogens is 3. The van der Waals surface area contributed by atoms with Crippen LogP contribution in [0.5, 0.6) is 0 Å². The molecule has 0 unspecified atom stereocenters. The summed E-state index contributed by atoms with van der Waals surface area (Å²) in [6, 6.07) is 7.27. The molecule has 2 aromatic heterocycles. The van der Waals surface area contributed by atoms with Crippen LogP contribution in [0.25, 0.3) is 11.3 Å². The van der Waals surface area contributed by atoms with E-state index in [4.69, 9.17) is 0 Å². The predicted molar refractivity (Wildman–Crippen MR) is 123 cm³/mol. The smallest absolute Gasteiger partial charge is 0.351 e. The van der Waals surface area contributed by atoms with Gasteiger partial charge in [-0.1, -0.05) is 18.2 Å². The van der Waals surface area contributed by atoms with E-state index in [1.54, 1.807) is 6.07 Å². The number of sulfonamides is 1. The average Bonchev–Trinajstić information content (AvgIpc) is 3.63. The van der Waals surface area contributed by atoms with Crippen LogP contribution >= 0.6 is 0 Å². The highest BCUT2D eigenvalue weighted by Crippen LogP contribution is 2.55. The number of alkyl halides is 4. The number of benzene rings is 1. The van der Waals surface area contributed by atoms with Gasteiger partial charge in [-0.2, -0.15) is 17.5 Å². The van der Waals surface area contributed by atoms with Gasteiger partial charge in [-0.15, -0.1) is 0 Å². The van der Waals surface area contributed by atoms with Crippen molar-refractivity contribution >= 4 is 15.9 Å². The lowest BCUT2D eigenvalue weighted by molar-refractivity contribution is -0.145. The first-order chi connectivity index (χ1) is 17.9. The molecule has 1 N–H and O–H groups in total. The number of nitrogens with zero attached hydrogens (tertiary/aromatic N) is 4. The second kappa shape index (κ2) is 9.34. The summed E-state index contributed by atoms with van der Waals surface area (Å²) in [5, 5.41) is 2.47. The van der Waals surface area contributed by atoms with Gasteiger partial charge in [0.1, 0.15) is 18.0 Å². The zero-order valence-corrected chi connectivity index (χ0v) is 20.3. The van der Waals surface area contributed by atoms with Crippen LogP contribution in [0.4, 0.5) is 22.0 Å². The SMILES string of the molecule is O=C(NCc1cc(-c2cnc(C(F)(F)F)nc2)ncc1F)[C@@H]1C[C@@H](F)C2(CC2)N1S(=O)(=O)c1ccccc1. The summed E-state index contributed by atoms with van der Waals surface area (Å²) in [6.45, 7) is -0.401. The minimum absolute atomic E-state index is 0.0549. The fourth-order valence-corrected chi connectivity index (χ4v) is 6.65. The average molecular weight is 554 g/mol. The van der Waals surface area contributed by atoms with Crippen molar-refractivity contribution in [2.75, 3.05) is 0 Å². The molecule has 2 fully saturated rings. The van der Waals surface area contributed by atoms with Crippen molar-refractivity contribution in [3.05, 3.63) is 72.2 Å². The minimum atomic E-state index is -4.73. The fourth-order valence-electron chi connectivity index (χ4n) is 4.63. The number of carbonyl (C=O) groups excluding carboxylic acids is 1. The molecule has 38 heavy (non-hydrogen) atoms. The third-order valence-corrected chi connectivity index (χ3v) is 8.69. The Hall–Kier alpha value is -3.52. The first kappa shape index (κ1) is 26.1. The van der Waals surface area contributed by atoms with E-state index in [1.165, 1.54) is 30.3 Å². The third-order valence-electron chi connectivity index (χ3n) is 6.69. The Morgan fingerprint density at radius 2 is 1.74 bits per heavy atom. The molecule has 1 saturated heterocycles. The quantitative estimate of drug-likeness (QED) is 0.468. The van der Waals surface area contributed by atoms with E-state index < -0.39 is 58.0 Å². The topological polar surface area (TPSA) is 105 Å². The highest BCUT2D eigenvalue weighted by Gasteiger charge is 2.67.